The molecule has 0 aliphatic rings. The zero-order valence-electron chi connectivity index (χ0n) is 11.4. The van der Waals surface area contributed by atoms with Gasteiger partial charge in [-0.3, -0.25) is 4.79 Å². The molecule has 106 valence electrons. The summed E-state index contributed by atoms with van der Waals surface area (Å²) in [5.74, 6) is 0.259. The molecule has 0 fully saturated rings. The summed E-state index contributed by atoms with van der Waals surface area (Å²) in [6.45, 7) is 1.81. The third kappa shape index (κ3) is 3.83. The van der Waals surface area contributed by atoms with Crippen LogP contribution < -0.4 is 10.1 Å². The van der Waals surface area contributed by atoms with E-state index in [2.05, 4.69) is 21.2 Å². The highest BCUT2D eigenvalue weighted by molar-refractivity contribution is 9.10. The average molecular weight is 345 g/mol. The number of carbonyl (C=O) groups is 1. The molecular weight excluding hydrogens is 332 g/mol. The van der Waals surface area contributed by atoms with Gasteiger partial charge in [-0.05, 0) is 42.8 Å². The van der Waals surface area contributed by atoms with E-state index >= 15 is 0 Å². The predicted molar refractivity (Wildman–Crippen MR) is 84.4 cm³/mol. The Hall–Kier alpha value is -2.32. The number of anilines is 1. The van der Waals surface area contributed by atoms with Crippen molar-refractivity contribution < 1.29 is 9.53 Å². The Bertz CT molecular complexity index is 708. The first-order chi connectivity index (χ1) is 10.1. The number of nitrogens with one attached hydrogen (secondary N) is 1. The van der Waals surface area contributed by atoms with Crippen LogP contribution >= 0.6 is 15.9 Å². The highest BCUT2D eigenvalue weighted by Crippen LogP contribution is 2.25. The Balaban J connectivity index is 2.22. The number of nitriles is 1. The largest absolute Gasteiger partial charge is 0.477 e. The zero-order chi connectivity index (χ0) is 15.2. The number of ether oxygens (including phenoxy) is 1. The van der Waals surface area contributed by atoms with Gasteiger partial charge in [0, 0.05) is 10.0 Å². The topological polar surface area (TPSA) is 62.1 Å². The van der Waals surface area contributed by atoms with Crippen molar-refractivity contribution in [2.24, 2.45) is 0 Å². The van der Waals surface area contributed by atoms with Crippen molar-refractivity contribution in [2.75, 3.05) is 11.9 Å². The molecule has 5 heteroatoms. The summed E-state index contributed by atoms with van der Waals surface area (Å²) in [5.41, 5.74) is 2.01. The Morgan fingerprint density at radius 2 is 2.10 bits per heavy atom. The third-order valence-corrected chi connectivity index (χ3v) is 3.35. The van der Waals surface area contributed by atoms with Gasteiger partial charge in [-0.2, -0.15) is 5.26 Å². The molecule has 0 saturated heterocycles. The first-order valence-electron chi connectivity index (χ1n) is 6.28. The van der Waals surface area contributed by atoms with E-state index in [1.165, 1.54) is 0 Å². The van der Waals surface area contributed by atoms with Gasteiger partial charge in [0.25, 0.3) is 5.91 Å². The molecule has 0 saturated carbocycles. The lowest BCUT2D eigenvalue weighted by Gasteiger charge is -2.12. The van der Waals surface area contributed by atoms with Crippen LogP contribution in [0.15, 0.2) is 46.9 Å². The monoisotopic (exact) mass is 344 g/mol. The maximum atomic E-state index is 12.3. The molecule has 2 aromatic carbocycles. The lowest BCUT2D eigenvalue weighted by atomic mass is 10.1. The minimum absolute atomic E-state index is 0.0653. The first-order valence-corrected chi connectivity index (χ1v) is 7.07. The highest BCUT2D eigenvalue weighted by Gasteiger charge is 2.12. The van der Waals surface area contributed by atoms with E-state index in [1.54, 1.807) is 30.3 Å². The Morgan fingerprint density at radius 3 is 2.81 bits per heavy atom. The summed E-state index contributed by atoms with van der Waals surface area (Å²) in [6, 6.07) is 14.4. The molecule has 0 spiro atoms. The smallest absolute Gasteiger partial charge is 0.256 e. The number of aryl methyl sites for hydroxylation is 1. The normalized spacial score (nSPS) is 9.76. The molecule has 0 aliphatic heterocycles. The molecule has 21 heavy (non-hydrogen) atoms. The summed E-state index contributed by atoms with van der Waals surface area (Å²) < 4.78 is 6.21. The second-order valence-electron chi connectivity index (χ2n) is 4.36. The first kappa shape index (κ1) is 15.1. The molecule has 2 aromatic rings. The Morgan fingerprint density at radius 1 is 1.33 bits per heavy atom. The van der Waals surface area contributed by atoms with E-state index in [9.17, 15) is 4.79 Å². The molecule has 0 radical (unpaired) electrons. The minimum Gasteiger partial charge on any atom is -0.477 e. The van der Waals surface area contributed by atoms with Crippen LogP contribution in [0.2, 0.25) is 0 Å². The number of hydrogen-bond acceptors (Lipinski definition) is 3. The maximum absolute atomic E-state index is 12.3. The van der Waals surface area contributed by atoms with Crippen LogP contribution in [0, 0.1) is 18.3 Å². The molecule has 0 bridgehead atoms. The molecule has 0 atom stereocenters. The van der Waals surface area contributed by atoms with Gasteiger partial charge >= 0.3 is 0 Å². The van der Waals surface area contributed by atoms with Crippen molar-refractivity contribution >= 4 is 27.5 Å². The number of halogens is 1. The molecule has 1 N–H and O–H groups in total. The van der Waals surface area contributed by atoms with Gasteiger partial charge < -0.3 is 10.1 Å². The van der Waals surface area contributed by atoms with E-state index < -0.39 is 0 Å². The maximum Gasteiger partial charge on any atom is 0.256 e. The second kappa shape index (κ2) is 6.91. The van der Waals surface area contributed by atoms with Gasteiger partial charge in [-0.1, -0.05) is 28.1 Å². The molecule has 2 rings (SSSR count). The van der Waals surface area contributed by atoms with Crippen molar-refractivity contribution in [3.63, 3.8) is 0 Å². The van der Waals surface area contributed by atoms with Gasteiger partial charge in [0.2, 0.25) is 0 Å². The van der Waals surface area contributed by atoms with Crippen LogP contribution in [0.25, 0.3) is 0 Å². The number of nitrogens with zero attached hydrogens (tertiary/aromatic N) is 1. The number of para-hydroxylation sites is 2. The fraction of sp³-hybridized carbons (Fsp3) is 0.125. The van der Waals surface area contributed by atoms with Gasteiger partial charge in [0.1, 0.15) is 11.8 Å². The lowest BCUT2D eigenvalue weighted by molar-refractivity contribution is 0.102. The minimum atomic E-state index is -0.215. The van der Waals surface area contributed by atoms with Crippen LogP contribution in [0.5, 0.6) is 5.75 Å². The lowest BCUT2D eigenvalue weighted by Crippen LogP contribution is -2.14. The standard InChI is InChI=1S/C16H13BrN2O2/c1-11-10-12(17)6-7-13(11)16(20)19-14-4-2-3-5-15(14)21-9-8-18/h2-7,10H,9H2,1H3,(H,19,20). The molecule has 0 aromatic heterocycles. The summed E-state index contributed by atoms with van der Waals surface area (Å²) in [6.07, 6.45) is 0. The molecular formula is C16H13BrN2O2. The second-order valence-corrected chi connectivity index (χ2v) is 5.27. The van der Waals surface area contributed by atoms with E-state index in [1.807, 2.05) is 25.1 Å². The van der Waals surface area contributed by atoms with Crippen LogP contribution in [-0.2, 0) is 0 Å². The van der Waals surface area contributed by atoms with Crippen molar-refractivity contribution in [2.45, 2.75) is 6.92 Å². The molecule has 0 aliphatic carbocycles. The fourth-order valence-electron chi connectivity index (χ4n) is 1.88. The van der Waals surface area contributed by atoms with E-state index in [4.69, 9.17) is 10.00 Å². The van der Waals surface area contributed by atoms with Crippen LogP contribution in [-0.4, -0.2) is 12.5 Å². The van der Waals surface area contributed by atoms with Crippen LogP contribution in [0.3, 0.4) is 0 Å². The number of benzene rings is 2. The third-order valence-electron chi connectivity index (χ3n) is 2.86. The number of carbonyl (C=O) groups excluding carboxylic acids is 1. The van der Waals surface area contributed by atoms with Gasteiger partial charge in [-0.15, -0.1) is 0 Å². The highest BCUT2D eigenvalue weighted by atomic mass is 79.9. The van der Waals surface area contributed by atoms with E-state index in [0.717, 1.165) is 10.0 Å². The molecule has 1 amide bonds. The van der Waals surface area contributed by atoms with Gasteiger partial charge in [0.05, 0.1) is 5.69 Å². The van der Waals surface area contributed by atoms with Crippen molar-refractivity contribution in [3.8, 4) is 11.8 Å². The predicted octanol–water partition coefficient (Wildman–Crippen LogP) is 3.91. The summed E-state index contributed by atoms with van der Waals surface area (Å²) in [4.78, 5) is 12.3. The van der Waals surface area contributed by atoms with E-state index in [-0.39, 0.29) is 12.5 Å². The number of amides is 1. The fourth-order valence-corrected chi connectivity index (χ4v) is 2.35. The van der Waals surface area contributed by atoms with Crippen molar-refractivity contribution in [1.82, 2.24) is 0 Å². The van der Waals surface area contributed by atoms with Crippen molar-refractivity contribution in [1.29, 1.82) is 5.26 Å². The van der Waals surface area contributed by atoms with Crippen molar-refractivity contribution in [3.05, 3.63) is 58.1 Å². The SMILES string of the molecule is Cc1cc(Br)ccc1C(=O)Nc1ccccc1OCC#N. The molecule has 4 nitrogen and oxygen atoms in total. The molecule has 0 unspecified atom stereocenters. The summed E-state index contributed by atoms with van der Waals surface area (Å²) in [7, 11) is 0. The Kier molecular flexibility index (Phi) is 4.96. The van der Waals surface area contributed by atoms with Crippen LogP contribution in [0.1, 0.15) is 15.9 Å². The number of rotatable bonds is 4. The Labute approximate surface area is 131 Å². The quantitative estimate of drug-likeness (QED) is 0.914. The summed E-state index contributed by atoms with van der Waals surface area (Å²) in [5, 5.41) is 11.4. The van der Waals surface area contributed by atoms with E-state index in [0.29, 0.717) is 17.0 Å². The summed E-state index contributed by atoms with van der Waals surface area (Å²) >= 11 is 3.37. The average Bonchev–Trinajstić information content (AvgIpc) is 2.46. The van der Waals surface area contributed by atoms with Gasteiger partial charge in [-0.25, -0.2) is 0 Å². The molecule has 0 heterocycles. The zero-order valence-corrected chi connectivity index (χ0v) is 13.0. The number of hydrogen-bond donors (Lipinski definition) is 1. The van der Waals surface area contributed by atoms with Gasteiger partial charge in [0.15, 0.2) is 6.61 Å². The van der Waals surface area contributed by atoms with Crippen LogP contribution in [0.4, 0.5) is 5.69 Å².